The summed E-state index contributed by atoms with van der Waals surface area (Å²) in [4.78, 5) is 24.6. The fourth-order valence-corrected chi connectivity index (χ4v) is 3.97. The molecule has 2 unspecified atom stereocenters. The lowest BCUT2D eigenvalue weighted by Crippen LogP contribution is -2.41. The van der Waals surface area contributed by atoms with Crippen LogP contribution in [0.1, 0.15) is 52.3 Å². The van der Waals surface area contributed by atoms with Crippen LogP contribution in [0.5, 0.6) is 0 Å². The summed E-state index contributed by atoms with van der Waals surface area (Å²) in [6.07, 6.45) is 6.40. The number of hydrogen-bond acceptors (Lipinski definition) is 10. The highest BCUT2D eigenvalue weighted by molar-refractivity contribution is 6.30. The Bertz CT molecular complexity index is 1050. The normalized spacial score (nSPS) is 15.7. The third-order valence-electron chi connectivity index (χ3n) is 5.99. The zero-order chi connectivity index (χ0) is 26.1. The number of pyridine rings is 1. The summed E-state index contributed by atoms with van der Waals surface area (Å²) in [6, 6.07) is 1.84. The Balaban J connectivity index is 2.02. The first-order valence-corrected chi connectivity index (χ1v) is 12.6. The fraction of sp³-hybridized carbons (Fsp3) is 0.542. The van der Waals surface area contributed by atoms with Crippen molar-refractivity contribution < 1.29 is 14.3 Å². The maximum Gasteiger partial charge on any atom is 0.411 e. The molecule has 0 aliphatic carbocycles. The SMILES string of the molecule is CCC(C)CCCC(C)Nc1c(NN2CCOCC2)nc(C(=N)OC(N)=O)nc1-c1cncc(Cl)c1. The Labute approximate surface area is 216 Å². The number of nitrogens with two attached hydrogens (primary N) is 1. The van der Waals surface area contributed by atoms with E-state index in [0.717, 1.165) is 25.7 Å². The molecule has 1 saturated heterocycles. The molecule has 2 aromatic heterocycles. The number of aromatic nitrogens is 3. The molecule has 1 fully saturated rings. The molecule has 0 aromatic carbocycles. The molecule has 5 N–H and O–H groups in total. The lowest BCUT2D eigenvalue weighted by molar-refractivity contribution is 0.0495. The van der Waals surface area contributed by atoms with Gasteiger partial charge in [-0.2, -0.15) is 0 Å². The third kappa shape index (κ3) is 8.00. The van der Waals surface area contributed by atoms with Crippen molar-refractivity contribution in [2.45, 2.75) is 52.5 Å². The van der Waals surface area contributed by atoms with Gasteiger partial charge in [-0.15, -0.1) is 0 Å². The molecule has 36 heavy (non-hydrogen) atoms. The molecule has 1 aliphatic heterocycles. The summed E-state index contributed by atoms with van der Waals surface area (Å²) < 4.78 is 10.2. The van der Waals surface area contributed by atoms with Crippen molar-refractivity contribution in [2.75, 3.05) is 37.0 Å². The van der Waals surface area contributed by atoms with Gasteiger partial charge in [0.05, 0.1) is 18.2 Å². The van der Waals surface area contributed by atoms with E-state index in [-0.39, 0.29) is 11.9 Å². The van der Waals surface area contributed by atoms with E-state index in [4.69, 9.17) is 32.2 Å². The third-order valence-corrected chi connectivity index (χ3v) is 6.20. The van der Waals surface area contributed by atoms with Crippen LogP contribution in [0.3, 0.4) is 0 Å². The topological polar surface area (TPSA) is 151 Å². The average molecular weight is 519 g/mol. The molecule has 1 aliphatic rings. The zero-order valence-electron chi connectivity index (χ0n) is 21.0. The molecule has 3 heterocycles. The molecule has 0 spiro atoms. The smallest absolute Gasteiger partial charge is 0.388 e. The summed E-state index contributed by atoms with van der Waals surface area (Å²) in [5, 5.41) is 14.1. The van der Waals surface area contributed by atoms with Crippen molar-refractivity contribution in [3.05, 3.63) is 29.3 Å². The van der Waals surface area contributed by atoms with E-state index >= 15 is 0 Å². The quantitative estimate of drug-likeness (QED) is 0.252. The molecule has 2 aromatic rings. The van der Waals surface area contributed by atoms with Crippen LogP contribution in [0.25, 0.3) is 11.3 Å². The number of amides is 1. The van der Waals surface area contributed by atoms with Crippen LogP contribution in [0, 0.1) is 11.3 Å². The number of morpholine rings is 1. The summed E-state index contributed by atoms with van der Waals surface area (Å²) in [6.45, 7) is 9.03. The fourth-order valence-electron chi connectivity index (χ4n) is 3.80. The van der Waals surface area contributed by atoms with Gasteiger partial charge in [-0.1, -0.05) is 44.7 Å². The minimum absolute atomic E-state index is 0.102. The van der Waals surface area contributed by atoms with Gasteiger partial charge in [-0.25, -0.2) is 19.8 Å². The number of nitrogens with one attached hydrogen (secondary N) is 3. The van der Waals surface area contributed by atoms with Gasteiger partial charge in [0, 0.05) is 37.1 Å². The van der Waals surface area contributed by atoms with E-state index in [1.54, 1.807) is 12.3 Å². The maximum atomic E-state index is 11.3. The molecule has 2 atom stereocenters. The van der Waals surface area contributed by atoms with Crippen LogP contribution in [0.2, 0.25) is 5.02 Å². The second-order valence-electron chi connectivity index (χ2n) is 8.96. The van der Waals surface area contributed by atoms with E-state index in [9.17, 15) is 4.79 Å². The molecule has 12 heteroatoms. The van der Waals surface area contributed by atoms with E-state index in [1.807, 2.05) is 5.01 Å². The number of hydrogen-bond donors (Lipinski definition) is 4. The second-order valence-corrected chi connectivity index (χ2v) is 9.40. The van der Waals surface area contributed by atoms with Gasteiger partial charge in [0.1, 0.15) is 11.4 Å². The second kappa shape index (κ2) is 13.3. The van der Waals surface area contributed by atoms with Crippen molar-refractivity contribution in [2.24, 2.45) is 11.7 Å². The number of rotatable bonds is 11. The standard InChI is InChI=1S/C24H35ClN8O3/c1-4-15(2)6-5-7-16(3)29-20-19(17-12-18(25)14-28-13-17)30-23(21(26)36-24(27)34)31-22(20)32-33-8-10-35-11-9-33/h12-16,26,29H,4-11H2,1-3H3,(H2,27,34)(H,30,31,32). The summed E-state index contributed by atoms with van der Waals surface area (Å²) in [7, 11) is 0. The Morgan fingerprint density at radius 3 is 2.69 bits per heavy atom. The molecule has 1 amide bonds. The molecular weight excluding hydrogens is 484 g/mol. The monoisotopic (exact) mass is 518 g/mol. The van der Waals surface area contributed by atoms with Gasteiger partial charge >= 0.3 is 6.09 Å². The van der Waals surface area contributed by atoms with Gasteiger partial charge in [0.2, 0.25) is 5.82 Å². The predicted molar refractivity (Wildman–Crippen MR) is 140 cm³/mol. The summed E-state index contributed by atoms with van der Waals surface area (Å²) >= 11 is 6.24. The number of carbonyl (C=O) groups is 1. The van der Waals surface area contributed by atoms with Crippen LogP contribution in [-0.2, 0) is 9.47 Å². The molecule has 196 valence electrons. The Kier molecular flexibility index (Phi) is 10.2. The van der Waals surface area contributed by atoms with E-state index < -0.39 is 12.0 Å². The van der Waals surface area contributed by atoms with E-state index in [2.05, 4.69) is 46.5 Å². The number of anilines is 2. The van der Waals surface area contributed by atoms with Crippen LogP contribution in [0.15, 0.2) is 18.5 Å². The summed E-state index contributed by atoms with van der Waals surface area (Å²) in [5.41, 5.74) is 10.2. The number of halogens is 1. The molecule has 3 rings (SSSR count). The van der Waals surface area contributed by atoms with Crippen LogP contribution >= 0.6 is 11.6 Å². The van der Waals surface area contributed by atoms with Crippen LogP contribution in [0.4, 0.5) is 16.3 Å². The maximum absolute atomic E-state index is 11.3. The first-order chi connectivity index (χ1) is 17.3. The molecule has 0 radical (unpaired) electrons. The lowest BCUT2D eigenvalue weighted by Gasteiger charge is -2.29. The Hall–Kier alpha value is -3.02. The van der Waals surface area contributed by atoms with Gasteiger partial charge in [-0.05, 0) is 25.3 Å². The number of hydrazine groups is 1. The van der Waals surface area contributed by atoms with Crippen molar-refractivity contribution in [1.82, 2.24) is 20.0 Å². The molecule has 0 bridgehead atoms. The minimum Gasteiger partial charge on any atom is -0.388 e. The van der Waals surface area contributed by atoms with Gasteiger partial charge in [0.15, 0.2) is 5.82 Å². The highest BCUT2D eigenvalue weighted by Gasteiger charge is 2.23. The largest absolute Gasteiger partial charge is 0.411 e. The van der Waals surface area contributed by atoms with Crippen LogP contribution in [-0.4, -0.2) is 64.3 Å². The number of nitrogens with zero attached hydrogens (tertiary/aromatic N) is 4. The summed E-state index contributed by atoms with van der Waals surface area (Å²) in [5.74, 6) is 0.456. The van der Waals surface area contributed by atoms with Gasteiger partial charge in [0.25, 0.3) is 5.90 Å². The van der Waals surface area contributed by atoms with E-state index in [1.165, 1.54) is 6.20 Å². The molecule has 0 saturated carbocycles. The van der Waals surface area contributed by atoms with Crippen molar-refractivity contribution >= 4 is 35.1 Å². The number of primary amides is 1. The highest BCUT2D eigenvalue weighted by atomic mass is 35.5. The molecular formula is C24H35ClN8O3. The lowest BCUT2D eigenvalue weighted by atomic mass is 9.99. The first-order valence-electron chi connectivity index (χ1n) is 12.2. The predicted octanol–water partition coefficient (Wildman–Crippen LogP) is 4.29. The van der Waals surface area contributed by atoms with Crippen LogP contribution < -0.4 is 16.5 Å². The first kappa shape index (κ1) is 27.6. The Morgan fingerprint density at radius 2 is 2.03 bits per heavy atom. The van der Waals surface area contributed by atoms with Crippen molar-refractivity contribution in [1.29, 1.82) is 5.41 Å². The Morgan fingerprint density at radius 1 is 1.28 bits per heavy atom. The van der Waals surface area contributed by atoms with Gasteiger partial charge < -0.3 is 25.9 Å². The average Bonchev–Trinajstić information content (AvgIpc) is 2.85. The number of ether oxygens (including phenoxy) is 2. The minimum atomic E-state index is -1.12. The van der Waals surface area contributed by atoms with E-state index in [0.29, 0.717) is 60.0 Å². The van der Waals surface area contributed by atoms with Crippen molar-refractivity contribution in [3.8, 4) is 11.3 Å². The highest BCUT2D eigenvalue weighted by Crippen LogP contribution is 2.34. The molecule has 11 nitrogen and oxygen atoms in total. The van der Waals surface area contributed by atoms with Crippen molar-refractivity contribution in [3.63, 3.8) is 0 Å². The van der Waals surface area contributed by atoms with Gasteiger partial charge in [-0.3, -0.25) is 10.4 Å². The number of carbonyl (C=O) groups excluding carboxylic acids is 1. The zero-order valence-corrected chi connectivity index (χ0v) is 21.8.